The number of sulfonamides is 1. The van der Waals surface area contributed by atoms with Crippen molar-refractivity contribution in [2.45, 2.75) is 31.1 Å². The van der Waals surface area contributed by atoms with Crippen LogP contribution in [0.1, 0.15) is 35.2 Å². The van der Waals surface area contributed by atoms with Crippen molar-refractivity contribution >= 4 is 39.0 Å². The predicted octanol–water partition coefficient (Wildman–Crippen LogP) is 3.64. The number of nitrogens with one attached hydrogen (secondary N) is 1. The molecule has 0 radical (unpaired) electrons. The number of hydrogen-bond donors (Lipinski definition) is 1. The van der Waals surface area contributed by atoms with Crippen LogP contribution in [-0.4, -0.2) is 37.5 Å². The van der Waals surface area contributed by atoms with Crippen LogP contribution in [0.4, 0.5) is 5.69 Å². The summed E-state index contributed by atoms with van der Waals surface area (Å²) >= 11 is 6.12. The van der Waals surface area contributed by atoms with Crippen molar-refractivity contribution in [1.29, 1.82) is 0 Å². The molecule has 0 bridgehead atoms. The first kappa shape index (κ1) is 20.5. The normalized spacial score (nSPS) is 15.2. The second kappa shape index (κ2) is 8.43. The Hall–Kier alpha value is -2.22. The molecule has 1 N–H and O–H groups in total. The number of aryl methyl sites for hydroxylation is 1. The number of rotatable bonds is 5. The van der Waals surface area contributed by atoms with Crippen molar-refractivity contribution in [2.24, 2.45) is 0 Å². The van der Waals surface area contributed by atoms with Gasteiger partial charge in [-0.05, 0) is 38.0 Å². The van der Waals surface area contributed by atoms with E-state index in [1.165, 1.54) is 22.5 Å². The van der Waals surface area contributed by atoms with Gasteiger partial charge in [0.25, 0.3) is 11.7 Å². The second-order valence-electron chi connectivity index (χ2n) is 6.76. The molecular weight excluding hydrogens is 400 g/mol. The topological polar surface area (TPSA) is 83.5 Å². The molecule has 148 valence electrons. The minimum Gasteiger partial charge on any atom is -0.319 e. The molecule has 1 saturated heterocycles. The third kappa shape index (κ3) is 4.43. The zero-order valence-corrected chi connectivity index (χ0v) is 17.0. The van der Waals surface area contributed by atoms with Crippen molar-refractivity contribution in [1.82, 2.24) is 4.31 Å². The van der Waals surface area contributed by atoms with Crippen LogP contribution in [0.5, 0.6) is 0 Å². The first-order chi connectivity index (χ1) is 13.3. The Morgan fingerprint density at radius 3 is 2.29 bits per heavy atom. The van der Waals surface area contributed by atoms with Crippen molar-refractivity contribution in [3.05, 3.63) is 58.6 Å². The Morgan fingerprint density at radius 1 is 1.00 bits per heavy atom. The molecule has 3 rings (SSSR count). The Balaban J connectivity index is 1.82. The smallest absolute Gasteiger partial charge is 0.296 e. The maximum Gasteiger partial charge on any atom is 0.296 e. The van der Waals surface area contributed by atoms with Crippen LogP contribution in [-0.2, 0) is 14.8 Å². The summed E-state index contributed by atoms with van der Waals surface area (Å²) in [5.74, 6) is -1.54. The van der Waals surface area contributed by atoms with Gasteiger partial charge in [-0.2, -0.15) is 4.31 Å². The van der Waals surface area contributed by atoms with Gasteiger partial charge in [0.05, 0.1) is 5.02 Å². The molecule has 0 spiro atoms. The van der Waals surface area contributed by atoms with Gasteiger partial charge in [-0.3, -0.25) is 9.59 Å². The third-order valence-corrected chi connectivity index (χ3v) is 7.02. The molecule has 8 heteroatoms. The lowest BCUT2D eigenvalue weighted by Gasteiger charge is -2.26. The Morgan fingerprint density at radius 2 is 1.64 bits per heavy atom. The molecule has 28 heavy (non-hydrogen) atoms. The maximum absolute atomic E-state index is 12.9. The summed E-state index contributed by atoms with van der Waals surface area (Å²) in [5.41, 5.74) is 1.44. The first-order valence-corrected chi connectivity index (χ1v) is 10.8. The fraction of sp³-hybridized carbons (Fsp3) is 0.300. The SMILES string of the molecule is Cc1ccc(C(=O)C(=O)Nc2ccc(Cl)c(S(=O)(=O)N3CCCCC3)c2)cc1. The summed E-state index contributed by atoms with van der Waals surface area (Å²) in [5, 5.41) is 2.54. The van der Waals surface area contributed by atoms with Crippen LogP contribution >= 0.6 is 11.6 Å². The van der Waals surface area contributed by atoms with Gasteiger partial charge in [0.2, 0.25) is 10.0 Å². The van der Waals surface area contributed by atoms with Gasteiger partial charge in [-0.15, -0.1) is 0 Å². The summed E-state index contributed by atoms with van der Waals surface area (Å²) in [6.45, 7) is 2.77. The average Bonchev–Trinajstić information content (AvgIpc) is 2.70. The summed E-state index contributed by atoms with van der Waals surface area (Å²) in [7, 11) is -3.76. The van der Waals surface area contributed by atoms with Crippen molar-refractivity contribution in [2.75, 3.05) is 18.4 Å². The number of amides is 1. The summed E-state index contributed by atoms with van der Waals surface area (Å²) in [6, 6.07) is 10.8. The van der Waals surface area contributed by atoms with E-state index in [1.54, 1.807) is 24.3 Å². The van der Waals surface area contributed by atoms with Crippen LogP contribution in [0.2, 0.25) is 5.02 Å². The number of ketones is 1. The van der Waals surface area contributed by atoms with Crippen molar-refractivity contribution in [3.8, 4) is 0 Å². The largest absolute Gasteiger partial charge is 0.319 e. The van der Waals surface area contributed by atoms with E-state index in [9.17, 15) is 18.0 Å². The summed E-state index contributed by atoms with van der Waals surface area (Å²) in [6.07, 6.45) is 2.60. The molecule has 2 aromatic carbocycles. The highest BCUT2D eigenvalue weighted by Gasteiger charge is 2.28. The molecule has 2 aromatic rings. The van der Waals surface area contributed by atoms with Gasteiger partial charge < -0.3 is 5.32 Å². The molecule has 0 atom stereocenters. The van der Waals surface area contributed by atoms with Crippen molar-refractivity contribution in [3.63, 3.8) is 0 Å². The lowest BCUT2D eigenvalue weighted by molar-refractivity contribution is -0.112. The monoisotopic (exact) mass is 420 g/mol. The Bertz CT molecular complexity index is 997. The van der Waals surface area contributed by atoms with Crippen LogP contribution in [0.25, 0.3) is 0 Å². The van der Waals surface area contributed by atoms with E-state index < -0.39 is 21.7 Å². The first-order valence-electron chi connectivity index (χ1n) is 9.01. The fourth-order valence-electron chi connectivity index (χ4n) is 3.05. The van der Waals surface area contributed by atoms with E-state index in [0.29, 0.717) is 13.1 Å². The zero-order chi connectivity index (χ0) is 20.3. The van der Waals surface area contributed by atoms with Crippen LogP contribution in [0.3, 0.4) is 0 Å². The van der Waals surface area contributed by atoms with E-state index in [0.717, 1.165) is 24.8 Å². The summed E-state index contributed by atoms with van der Waals surface area (Å²) < 4.78 is 27.2. The molecule has 1 fully saturated rings. The van der Waals surface area contributed by atoms with Crippen LogP contribution in [0, 0.1) is 6.92 Å². The molecule has 1 heterocycles. The molecule has 6 nitrogen and oxygen atoms in total. The van der Waals surface area contributed by atoms with E-state index in [2.05, 4.69) is 5.32 Å². The molecule has 0 unspecified atom stereocenters. The van der Waals surface area contributed by atoms with Gasteiger partial charge >= 0.3 is 0 Å². The van der Waals surface area contributed by atoms with Gasteiger partial charge in [0, 0.05) is 24.3 Å². The number of carbonyl (C=O) groups excluding carboxylic acids is 2. The molecule has 1 aliphatic rings. The highest BCUT2D eigenvalue weighted by molar-refractivity contribution is 7.89. The van der Waals surface area contributed by atoms with E-state index in [1.807, 2.05) is 6.92 Å². The van der Waals surface area contributed by atoms with E-state index in [-0.39, 0.29) is 21.2 Å². The fourth-order valence-corrected chi connectivity index (χ4v) is 5.06. The molecular formula is C20H21ClN2O4S. The lowest BCUT2D eigenvalue weighted by atomic mass is 10.1. The number of Topliss-reactive ketones (excluding diaryl/α,β-unsaturated/α-hetero) is 1. The summed E-state index contributed by atoms with van der Waals surface area (Å²) in [4.78, 5) is 24.5. The minimum atomic E-state index is -3.76. The quantitative estimate of drug-likeness (QED) is 0.591. The van der Waals surface area contributed by atoms with Gasteiger partial charge in [0.15, 0.2) is 0 Å². The van der Waals surface area contributed by atoms with Crippen LogP contribution < -0.4 is 5.32 Å². The van der Waals surface area contributed by atoms with Crippen molar-refractivity contribution < 1.29 is 18.0 Å². The number of nitrogens with zero attached hydrogens (tertiary/aromatic N) is 1. The number of hydrogen-bond acceptors (Lipinski definition) is 4. The zero-order valence-electron chi connectivity index (χ0n) is 15.4. The highest BCUT2D eigenvalue weighted by atomic mass is 35.5. The Kier molecular flexibility index (Phi) is 6.17. The third-order valence-electron chi connectivity index (χ3n) is 4.64. The lowest BCUT2D eigenvalue weighted by Crippen LogP contribution is -2.35. The minimum absolute atomic E-state index is 0.0725. The van der Waals surface area contributed by atoms with E-state index in [4.69, 9.17) is 11.6 Å². The number of anilines is 1. The number of benzene rings is 2. The van der Waals surface area contributed by atoms with Gasteiger partial charge in [-0.25, -0.2) is 8.42 Å². The number of piperidine rings is 1. The number of carbonyl (C=O) groups is 2. The van der Waals surface area contributed by atoms with Gasteiger partial charge in [0.1, 0.15) is 4.90 Å². The second-order valence-corrected chi connectivity index (χ2v) is 9.07. The molecule has 0 aliphatic carbocycles. The maximum atomic E-state index is 12.9. The Labute approximate surface area is 169 Å². The van der Waals surface area contributed by atoms with Gasteiger partial charge in [-0.1, -0.05) is 47.9 Å². The average molecular weight is 421 g/mol. The molecule has 0 saturated carbocycles. The standard InChI is InChI=1S/C20H21ClN2O4S/c1-14-5-7-15(8-6-14)19(24)20(25)22-16-9-10-17(21)18(13-16)28(26,27)23-11-3-2-4-12-23/h5-10,13H,2-4,11-12H2,1H3,(H,22,25). The highest BCUT2D eigenvalue weighted by Crippen LogP contribution is 2.29. The van der Waals surface area contributed by atoms with E-state index >= 15 is 0 Å². The predicted molar refractivity (Wildman–Crippen MR) is 108 cm³/mol. The molecule has 1 amide bonds. The molecule has 1 aliphatic heterocycles. The molecule has 0 aromatic heterocycles. The number of halogens is 1. The van der Waals surface area contributed by atoms with Crippen LogP contribution in [0.15, 0.2) is 47.4 Å².